The van der Waals surface area contributed by atoms with E-state index in [2.05, 4.69) is 34.0 Å². The molecule has 4 aromatic rings. The molecule has 0 aliphatic rings. The minimum Gasteiger partial charge on any atom is -0.395 e. The molecule has 25 heavy (non-hydrogen) atoms. The smallest absolute Gasteiger partial charge is 0.166 e. The number of nitrogens with zero attached hydrogens (tertiary/aromatic N) is 3. The molecule has 0 aliphatic carbocycles. The molecule has 0 atom stereocenters. The average molecular weight is 373 g/mol. The first-order chi connectivity index (χ1) is 12.1. The molecule has 0 spiro atoms. The summed E-state index contributed by atoms with van der Waals surface area (Å²) in [4.78, 5) is 12.6. The van der Waals surface area contributed by atoms with Gasteiger partial charge in [-0.3, -0.25) is 0 Å². The van der Waals surface area contributed by atoms with Gasteiger partial charge in [-0.05, 0) is 42.8 Å². The number of hydrogen-bond acceptors (Lipinski definition) is 4. The number of aliphatic hydroxyl groups is 1. The standard InChI is InChI=1S/C18H17ClN4OS/c1-11-2-4-13-15(8-11)22-18(21-13)25-10-17-20-14-5-3-12(19)9-16(14)23(17)6-7-24/h2-5,8-9,24H,6-7,10H2,1H3,(H,21,22). The zero-order valence-corrected chi connectivity index (χ0v) is 15.2. The highest BCUT2D eigenvalue weighted by Crippen LogP contribution is 2.26. The number of nitrogens with one attached hydrogen (secondary N) is 1. The third kappa shape index (κ3) is 3.25. The largest absolute Gasteiger partial charge is 0.395 e. The van der Waals surface area contributed by atoms with Crippen LogP contribution in [0.25, 0.3) is 22.1 Å². The second-order valence-corrected chi connectivity index (χ2v) is 7.29. The van der Waals surface area contributed by atoms with E-state index >= 15 is 0 Å². The fraction of sp³-hybridized carbons (Fsp3) is 0.222. The monoisotopic (exact) mass is 372 g/mol. The minimum absolute atomic E-state index is 0.0551. The molecule has 0 saturated carbocycles. The Labute approximate surface area is 154 Å². The number of thioether (sulfide) groups is 1. The highest BCUT2D eigenvalue weighted by molar-refractivity contribution is 7.98. The molecule has 5 nitrogen and oxygen atoms in total. The summed E-state index contributed by atoms with van der Waals surface area (Å²) in [6.07, 6.45) is 0. The van der Waals surface area contributed by atoms with Crippen LogP contribution in [-0.2, 0) is 12.3 Å². The molecule has 128 valence electrons. The van der Waals surface area contributed by atoms with Gasteiger partial charge in [-0.25, -0.2) is 9.97 Å². The van der Waals surface area contributed by atoms with Crippen molar-refractivity contribution >= 4 is 45.4 Å². The van der Waals surface area contributed by atoms with Crippen molar-refractivity contribution in [1.29, 1.82) is 0 Å². The van der Waals surface area contributed by atoms with Crippen LogP contribution in [0.5, 0.6) is 0 Å². The van der Waals surface area contributed by atoms with Gasteiger partial charge >= 0.3 is 0 Å². The van der Waals surface area contributed by atoms with E-state index in [-0.39, 0.29) is 6.61 Å². The number of aromatic nitrogens is 4. The van der Waals surface area contributed by atoms with Crippen molar-refractivity contribution in [1.82, 2.24) is 19.5 Å². The van der Waals surface area contributed by atoms with E-state index in [1.165, 1.54) is 5.56 Å². The fourth-order valence-electron chi connectivity index (χ4n) is 2.91. The van der Waals surface area contributed by atoms with E-state index < -0.39 is 0 Å². The maximum absolute atomic E-state index is 9.39. The van der Waals surface area contributed by atoms with Gasteiger partial charge in [-0.2, -0.15) is 0 Å². The molecule has 0 bridgehead atoms. The van der Waals surface area contributed by atoms with Gasteiger partial charge in [-0.15, -0.1) is 0 Å². The molecule has 0 radical (unpaired) electrons. The molecule has 0 amide bonds. The number of halogens is 1. The molecule has 4 rings (SSSR count). The van der Waals surface area contributed by atoms with Crippen LogP contribution in [0, 0.1) is 6.92 Å². The lowest BCUT2D eigenvalue weighted by atomic mass is 10.2. The SMILES string of the molecule is Cc1ccc2nc(SCc3nc4ccc(Cl)cc4n3CCO)[nH]c2c1. The van der Waals surface area contributed by atoms with E-state index in [9.17, 15) is 5.11 Å². The number of H-pyrrole nitrogens is 1. The highest BCUT2D eigenvalue weighted by Gasteiger charge is 2.12. The zero-order valence-electron chi connectivity index (χ0n) is 13.7. The molecule has 0 saturated heterocycles. The summed E-state index contributed by atoms with van der Waals surface area (Å²) in [6, 6.07) is 11.8. The summed E-state index contributed by atoms with van der Waals surface area (Å²) in [7, 11) is 0. The number of aliphatic hydroxyl groups excluding tert-OH is 1. The molecule has 2 aromatic heterocycles. The summed E-state index contributed by atoms with van der Waals surface area (Å²) in [5.74, 6) is 1.55. The number of imidazole rings is 2. The molecule has 2 N–H and O–H groups in total. The van der Waals surface area contributed by atoms with Crippen molar-refractivity contribution < 1.29 is 5.11 Å². The van der Waals surface area contributed by atoms with Crippen LogP contribution in [0.2, 0.25) is 5.02 Å². The van der Waals surface area contributed by atoms with Crippen LogP contribution in [0.3, 0.4) is 0 Å². The summed E-state index contributed by atoms with van der Waals surface area (Å²) in [5.41, 5.74) is 5.03. The second-order valence-electron chi connectivity index (χ2n) is 5.89. The van der Waals surface area contributed by atoms with E-state index in [0.29, 0.717) is 17.3 Å². The van der Waals surface area contributed by atoms with Gasteiger partial charge in [0, 0.05) is 11.6 Å². The van der Waals surface area contributed by atoms with Gasteiger partial charge in [0.2, 0.25) is 0 Å². The number of rotatable bonds is 5. The third-order valence-electron chi connectivity index (χ3n) is 4.07. The van der Waals surface area contributed by atoms with Gasteiger partial charge < -0.3 is 14.7 Å². The molecular formula is C18H17ClN4OS. The minimum atomic E-state index is 0.0551. The van der Waals surface area contributed by atoms with Crippen molar-refractivity contribution in [2.45, 2.75) is 24.4 Å². The Morgan fingerprint density at radius 3 is 2.84 bits per heavy atom. The molecule has 7 heteroatoms. The van der Waals surface area contributed by atoms with Crippen LogP contribution in [0.15, 0.2) is 41.6 Å². The van der Waals surface area contributed by atoms with Gasteiger partial charge in [0.15, 0.2) is 5.16 Å². The summed E-state index contributed by atoms with van der Waals surface area (Å²) in [5, 5.41) is 10.9. The summed E-state index contributed by atoms with van der Waals surface area (Å²) in [6.45, 7) is 2.61. The van der Waals surface area contributed by atoms with Crippen LogP contribution >= 0.6 is 23.4 Å². The number of aromatic amines is 1. The Morgan fingerprint density at radius 1 is 1.16 bits per heavy atom. The van der Waals surface area contributed by atoms with E-state index in [1.54, 1.807) is 11.8 Å². The number of fused-ring (bicyclic) bond motifs is 2. The lowest BCUT2D eigenvalue weighted by Gasteiger charge is -2.06. The molecule has 2 heterocycles. The Kier molecular flexibility index (Phi) is 4.41. The van der Waals surface area contributed by atoms with Crippen molar-refractivity contribution in [3.8, 4) is 0 Å². The number of aryl methyl sites for hydroxylation is 1. The van der Waals surface area contributed by atoms with Crippen molar-refractivity contribution in [2.75, 3.05) is 6.61 Å². The Morgan fingerprint density at radius 2 is 2.00 bits per heavy atom. The first-order valence-corrected chi connectivity index (χ1v) is 9.35. The number of benzene rings is 2. The Hall–Kier alpha value is -2.02. The highest BCUT2D eigenvalue weighted by atomic mass is 35.5. The number of hydrogen-bond donors (Lipinski definition) is 2. The van der Waals surface area contributed by atoms with Crippen LogP contribution in [-0.4, -0.2) is 31.2 Å². The van der Waals surface area contributed by atoms with Gasteiger partial charge in [0.05, 0.1) is 34.4 Å². The normalized spacial score (nSPS) is 11.6. The lowest BCUT2D eigenvalue weighted by Crippen LogP contribution is -2.06. The Bertz CT molecular complexity index is 1060. The van der Waals surface area contributed by atoms with E-state index in [4.69, 9.17) is 11.6 Å². The fourth-order valence-corrected chi connectivity index (χ4v) is 3.90. The van der Waals surface area contributed by atoms with Gasteiger partial charge in [-0.1, -0.05) is 29.4 Å². The predicted molar refractivity (Wildman–Crippen MR) is 102 cm³/mol. The van der Waals surface area contributed by atoms with E-state index in [0.717, 1.165) is 33.0 Å². The maximum Gasteiger partial charge on any atom is 0.166 e. The third-order valence-corrected chi connectivity index (χ3v) is 5.17. The summed E-state index contributed by atoms with van der Waals surface area (Å²) < 4.78 is 2.01. The first-order valence-electron chi connectivity index (χ1n) is 7.99. The predicted octanol–water partition coefficient (Wildman–Crippen LogP) is 4.16. The van der Waals surface area contributed by atoms with Crippen molar-refractivity contribution in [3.05, 3.63) is 52.8 Å². The topological polar surface area (TPSA) is 66.7 Å². The van der Waals surface area contributed by atoms with Crippen molar-refractivity contribution in [3.63, 3.8) is 0 Å². The molecule has 0 unspecified atom stereocenters. The maximum atomic E-state index is 9.39. The zero-order chi connectivity index (χ0) is 17.4. The van der Waals surface area contributed by atoms with E-state index in [1.807, 2.05) is 28.8 Å². The molecule has 0 fully saturated rings. The van der Waals surface area contributed by atoms with Crippen LogP contribution in [0.1, 0.15) is 11.4 Å². The molecule has 0 aliphatic heterocycles. The van der Waals surface area contributed by atoms with Gasteiger partial charge in [0.1, 0.15) is 5.82 Å². The quantitative estimate of drug-likeness (QED) is 0.516. The van der Waals surface area contributed by atoms with Crippen molar-refractivity contribution in [2.24, 2.45) is 0 Å². The Balaban J connectivity index is 1.63. The summed E-state index contributed by atoms with van der Waals surface area (Å²) >= 11 is 7.71. The average Bonchev–Trinajstić information content (AvgIpc) is 3.14. The second kappa shape index (κ2) is 6.71. The van der Waals surface area contributed by atoms with Crippen LogP contribution < -0.4 is 0 Å². The van der Waals surface area contributed by atoms with Gasteiger partial charge in [0.25, 0.3) is 0 Å². The van der Waals surface area contributed by atoms with Crippen LogP contribution in [0.4, 0.5) is 0 Å². The first kappa shape index (κ1) is 16.4. The lowest BCUT2D eigenvalue weighted by molar-refractivity contribution is 0.276. The molecule has 2 aromatic carbocycles. The molecular weight excluding hydrogens is 356 g/mol.